The van der Waals surface area contributed by atoms with E-state index in [9.17, 15) is 4.39 Å². The van der Waals surface area contributed by atoms with E-state index in [1.165, 1.54) is 12.1 Å². The first-order valence-corrected chi connectivity index (χ1v) is 9.61. The van der Waals surface area contributed by atoms with Crippen molar-refractivity contribution in [1.29, 1.82) is 0 Å². The molecule has 0 fully saturated rings. The van der Waals surface area contributed by atoms with Gasteiger partial charge in [0.25, 0.3) is 0 Å². The third-order valence-corrected chi connectivity index (χ3v) is 5.49. The van der Waals surface area contributed by atoms with Gasteiger partial charge in [0, 0.05) is 22.0 Å². The summed E-state index contributed by atoms with van der Waals surface area (Å²) in [7, 11) is 0. The normalized spacial score (nSPS) is 20.5. The molecule has 2 heterocycles. The van der Waals surface area contributed by atoms with E-state index in [0.717, 1.165) is 39.0 Å². The average molecular weight is 423 g/mol. The van der Waals surface area contributed by atoms with Crippen LogP contribution in [0.5, 0.6) is 5.75 Å². The number of halogens is 2. The summed E-state index contributed by atoms with van der Waals surface area (Å²) in [6.45, 7) is 0. The monoisotopic (exact) mass is 422 g/mol. The number of nitrogens with zero attached hydrogens (tertiary/aromatic N) is 2. The third-order valence-electron chi connectivity index (χ3n) is 4.99. The van der Waals surface area contributed by atoms with Crippen molar-refractivity contribution in [3.63, 3.8) is 0 Å². The van der Waals surface area contributed by atoms with Crippen molar-refractivity contribution in [2.75, 3.05) is 0 Å². The topological polar surface area (TPSA) is 24.8 Å². The lowest BCUT2D eigenvalue weighted by Crippen LogP contribution is -2.33. The molecular formula is C22H16BrFN2O. The van der Waals surface area contributed by atoms with Crippen LogP contribution in [-0.2, 0) is 0 Å². The molecule has 2 atom stereocenters. The zero-order chi connectivity index (χ0) is 18.4. The van der Waals surface area contributed by atoms with Crippen LogP contribution < -0.4 is 4.74 Å². The minimum Gasteiger partial charge on any atom is -0.464 e. The van der Waals surface area contributed by atoms with Gasteiger partial charge in [-0.2, -0.15) is 5.10 Å². The fraction of sp³-hybridized carbons (Fsp3) is 0.136. The van der Waals surface area contributed by atoms with Crippen LogP contribution in [-0.4, -0.2) is 10.7 Å². The lowest BCUT2D eigenvalue weighted by molar-refractivity contribution is -0.0192. The predicted octanol–water partition coefficient (Wildman–Crippen LogP) is 5.83. The van der Waals surface area contributed by atoms with Crippen molar-refractivity contribution >= 4 is 21.6 Å². The molecule has 0 bridgehead atoms. The fourth-order valence-electron chi connectivity index (χ4n) is 3.74. The Bertz CT molecular complexity index is 1040. The lowest BCUT2D eigenvalue weighted by atomic mass is 9.96. The highest BCUT2D eigenvalue weighted by atomic mass is 79.9. The molecule has 2 aliphatic rings. The highest BCUT2D eigenvalue weighted by Gasteiger charge is 2.41. The van der Waals surface area contributed by atoms with E-state index in [0.29, 0.717) is 0 Å². The van der Waals surface area contributed by atoms with Crippen molar-refractivity contribution < 1.29 is 9.13 Å². The van der Waals surface area contributed by atoms with Gasteiger partial charge >= 0.3 is 0 Å². The standard InChI is InChI=1S/C22H16BrFN2O/c23-16-9-10-21-18(12-16)20-13-19(14-5-2-1-3-6-14)25-26(20)22(27-21)15-7-4-8-17(24)11-15/h1-12,20,22H,13H2/t20-,22-/m0/s1. The summed E-state index contributed by atoms with van der Waals surface area (Å²) in [5.41, 5.74) is 3.96. The maximum absolute atomic E-state index is 13.8. The highest BCUT2D eigenvalue weighted by Crippen LogP contribution is 2.48. The average Bonchev–Trinajstić information content (AvgIpc) is 3.14. The van der Waals surface area contributed by atoms with Crippen LogP contribution in [0, 0.1) is 5.82 Å². The second-order valence-electron chi connectivity index (χ2n) is 6.72. The summed E-state index contributed by atoms with van der Waals surface area (Å²) in [4.78, 5) is 0. The molecule has 0 aromatic heterocycles. The predicted molar refractivity (Wildman–Crippen MR) is 106 cm³/mol. The second kappa shape index (κ2) is 6.50. The second-order valence-corrected chi connectivity index (χ2v) is 7.64. The van der Waals surface area contributed by atoms with E-state index in [1.54, 1.807) is 6.07 Å². The summed E-state index contributed by atoms with van der Waals surface area (Å²) >= 11 is 3.56. The van der Waals surface area contributed by atoms with Crippen LogP contribution in [0.15, 0.2) is 82.4 Å². The molecule has 0 spiro atoms. The van der Waals surface area contributed by atoms with Crippen LogP contribution in [0.4, 0.5) is 4.39 Å². The lowest BCUT2D eigenvalue weighted by Gasteiger charge is -2.38. The van der Waals surface area contributed by atoms with E-state index >= 15 is 0 Å². The van der Waals surface area contributed by atoms with E-state index in [4.69, 9.17) is 9.84 Å². The van der Waals surface area contributed by atoms with Crippen molar-refractivity contribution in [2.24, 2.45) is 5.10 Å². The van der Waals surface area contributed by atoms with Gasteiger partial charge in [-0.3, -0.25) is 0 Å². The molecule has 0 N–H and O–H groups in total. The largest absolute Gasteiger partial charge is 0.464 e. The van der Waals surface area contributed by atoms with Crippen molar-refractivity contribution in [1.82, 2.24) is 5.01 Å². The molecule has 2 aliphatic heterocycles. The molecule has 0 radical (unpaired) electrons. The Morgan fingerprint density at radius 3 is 2.67 bits per heavy atom. The first-order chi connectivity index (χ1) is 13.2. The SMILES string of the molecule is Fc1cccc([C@@H]2Oc3ccc(Br)cc3[C@@H]3CC(c4ccccc4)=NN32)c1. The van der Waals surface area contributed by atoms with Crippen molar-refractivity contribution in [3.8, 4) is 5.75 Å². The molecule has 3 aromatic carbocycles. The van der Waals surface area contributed by atoms with Gasteiger partial charge in [0.05, 0.1) is 11.8 Å². The van der Waals surface area contributed by atoms with E-state index in [2.05, 4.69) is 34.1 Å². The molecule has 5 heteroatoms. The number of fused-ring (bicyclic) bond motifs is 3. The van der Waals surface area contributed by atoms with Crippen LogP contribution in [0.1, 0.15) is 35.4 Å². The summed E-state index contributed by atoms with van der Waals surface area (Å²) in [6, 6.07) is 22.8. The fourth-order valence-corrected chi connectivity index (χ4v) is 4.12. The van der Waals surface area contributed by atoms with Gasteiger partial charge in [-0.05, 0) is 35.9 Å². The molecule has 3 nitrogen and oxygen atoms in total. The zero-order valence-electron chi connectivity index (χ0n) is 14.3. The molecule has 3 aromatic rings. The Hall–Kier alpha value is -2.66. The van der Waals surface area contributed by atoms with Crippen molar-refractivity contribution in [2.45, 2.75) is 18.7 Å². The minimum absolute atomic E-state index is 0.0507. The van der Waals surface area contributed by atoms with Crippen LogP contribution in [0.25, 0.3) is 0 Å². The maximum atomic E-state index is 13.8. The number of benzene rings is 3. The van der Waals surface area contributed by atoms with Crippen LogP contribution in [0.2, 0.25) is 0 Å². The van der Waals surface area contributed by atoms with Gasteiger partial charge in [-0.25, -0.2) is 9.40 Å². The molecule has 0 unspecified atom stereocenters. The molecule has 27 heavy (non-hydrogen) atoms. The van der Waals surface area contributed by atoms with E-state index < -0.39 is 6.23 Å². The van der Waals surface area contributed by atoms with Crippen LogP contribution in [0.3, 0.4) is 0 Å². The summed E-state index contributed by atoms with van der Waals surface area (Å²) in [5, 5.41) is 6.85. The Morgan fingerprint density at radius 2 is 1.85 bits per heavy atom. The smallest absolute Gasteiger partial charge is 0.213 e. The van der Waals surface area contributed by atoms with Gasteiger partial charge in [-0.1, -0.05) is 58.4 Å². The molecule has 0 saturated heterocycles. The highest BCUT2D eigenvalue weighted by molar-refractivity contribution is 9.10. The Kier molecular flexibility index (Phi) is 3.97. The third kappa shape index (κ3) is 2.92. The molecule has 134 valence electrons. The quantitative estimate of drug-likeness (QED) is 0.518. The number of ether oxygens (including phenoxy) is 1. The van der Waals surface area contributed by atoms with Gasteiger partial charge < -0.3 is 4.74 Å². The number of hydrazone groups is 1. The number of hydrogen-bond donors (Lipinski definition) is 0. The van der Waals surface area contributed by atoms with Gasteiger partial charge in [0.1, 0.15) is 11.6 Å². The zero-order valence-corrected chi connectivity index (χ0v) is 15.9. The van der Waals surface area contributed by atoms with Gasteiger partial charge in [0.15, 0.2) is 0 Å². The maximum Gasteiger partial charge on any atom is 0.213 e. The van der Waals surface area contributed by atoms with Gasteiger partial charge in [0.2, 0.25) is 6.23 Å². The van der Waals surface area contributed by atoms with E-state index in [1.807, 2.05) is 41.4 Å². The molecule has 0 amide bonds. The first kappa shape index (κ1) is 16.5. The first-order valence-electron chi connectivity index (χ1n) is 8.82. The number of hydrogen-bond acceptors (Lipinski definition) is 3. The number of rotatable bonds is 2. The Morgan fingerprint density at radius 1 is 1.00 bits per heavy atom. The van der Waals surface area contributed by atoms with Crippen molar-refractivity contribution in [3.05, 3.63) is 99.8 Å². The Labute approximate surface area is 165 Å². The molecule has 5 rings (SSSR count). The van der Waals surface area contributed by atoms with E-state index in [-0.39, 0.29) is 11.9 Å². The molecule has 0 aliphatic carbocycles. The summed E-state index contributed by atoms with van der Waals surface area (Å²) < 4.78 is 21.1. The summed E-state index contributed by atoms with van der Waals surface area (Å²) in [5.74, 6) is 0.541. The van der Waals surface area contributed by atoms with Crippen LogP contribution >= 0.6 is 15.9 Å². The Balaban J connectivity index is 1.62. The molecular weight excluding hydrogens is 407 g/mol. The molecule has 0 saturated carbocycles. The summed E-state index contributed by atoms with van der Waals surface area (Å²) in [6.07, 6.45) is 0.323. The van der Waals surface area contributed by atoms with Gasteiger partial charge in [-0.15, -0.1) is 0 Å². The minimum atomic E-state index is -0.458.